The first-order valence-electron chi connectivity index (χ1n) is 7.19. The first-order valence-corrected chi connectivity index (χ1v) is 7.19. The second-order valence-electron chi connectivity index (χ2n) is 5.39. The molecule has 0 radical (unpaired) electrons. The van der Waals surface area contributed by atoms with Crippen LogP contribution in [0.15, 0.2) is 72.9 Å². The van der Waals surface area contributed by atoms with Crippen LogP contribution < -0.4 is 0 Å². The summed E-state index contributed by atoms with van der Waals surface area (Å²) >= 11 is 0. The van der Waals surface area contributed by atoms with Crippen LogP contribution >= 0.6 is 0 Å². The molecule has 2 aromatic carbocycles. The molecule has 0 N–H and O–H groups in total. The molecule has 0 aliphatic heterocycles. The fraction of sp³-hybridized carbons (Fsp3) is 0.211. The fourth-order valence-electron chi connectivity index (χ4n) is 2.12. The standard InChI is InChI=1S/C19H21NO/c1-15(2)16(3)20(14-17-10-6-4-7-11-17)19(21)18-12-8-5-9-13-18/h4-13,15H,3,14H2,1-2H3. The summed E-state index contributed by atoms with van der Waals surface area (Å²) < 4.78 is 0. The monoisotopic (exact) mass is 279 g/mol. The Morgan fingerprint density at radius 1 is 1.00 bits per heavy atom. The quantitative estimate of drug-likeness (QED) is 0.789. The average molecular weight is 279 g/mol. The Bertz CT molecular complexity index is 602. The number of allylic oxidation sites excluding steroid dienone is 1. The molecule has 2 rings (SSSR count). The van der Waals surface area contributed by atoms with Crippen molar-refractivity contribution in [2.24, 2.45) is 5.92 Å². The van der Waals surface area contributed by atoms with Gasteiger partial charge in [-0.1, -0.05) is 69.0 Å². The minimum absolute atomic E-state index is 0.00171. The third-order valence-corrected chi connectivity index (χ3v) is 3.46. The van der Waals surface area contributed by atoms with Crippen LogP contribution in [-0.2, 0) is 6.54 Å². The predicted octanol–water partition coefficient (Wildman–Crippen LogP) is 4.50. The number of benzene rings is 2. The molecule has 0 atom stereocenters. The highest BCUT2D eigenvalue weighted by atomic mass is 16.2. The van der Waals surface area contributed by atoms with Crippen molar-refractivity contribution in [1.29, 1.82) is 0 Å². The zero-order chi connectivity index (χ0) is 15.2. The summed E-state index contributed by atoms with van der Waals surface area (Å²) in [4.78, 5) is 14.5. The topological polar surface area (TPSA) is 20.3 Å². The zero-order valence-corrected chi connectivity index (χ0v) is 12.6. The Hall–Kier alpha value is -2.35. The van der Waals surface area contributed by atoms with Crippen molar-refractivity contribution >= 4 is 5.91 Å². The Labute approximate surface area is 126 Å². The molecule has 0 aromatic heterocycles. The number of nitrogens with zero attached hydrogens (tertiary/aromatic N) is 1. The molecule has 2 aromatic rings. The van der Waals surface area contributed by atoms with Crippen LogP contribution in [0.2, 0.25) is 0 Å². The molecule has 0 unspecified atom stereocenters. The first-order chi connectivity index (χ1) is 10.1. The Morgan fingerprint density at radius 2 is 1.52 bits per heavy atom. The van der Waals surface area contributed by atoms with E-state index in [1.165, 1.54) is 0 Å². The largest absolute Gasteiger partial charge is 0.308 e. The molecule has 0 aliphatic carbocycles. The molecule has 0 spiro atoms. The first kappa shape index (κ1) is 15.0. The van der Waals surface area contributed by atoms with Gasteiger partial charge in [0.05, 0.1) is 6.54 Å². The Kier molecular flexibility index (Phi) is 4.94. The second-order valence-corrected chi connectivity index (χ2v) is 5.39. The summed E-state index contributed by atoms with van der Waals surface area (Å²) in [5.41, 5.74) is 2.63. The normalized spacial score (nSPS) is 10.4. The number of hydrogen-bond donors (Lipinski definition) is 0. The SMILES string of the molecule is C=C(C(C)C)N(Cc1ccccc1)C(=O)c1ccccc1. The molecular weight excluding hydrogens is 258 g/mol. The highest BCUT2D eigenvalue weighted by Gasteiger charge is 2.20. The van der Waals surface area contributed by atoms with Crippen LogP contribution in [0.5, 0.6) is 0 Å². The van der Waals surface area contributed by atoms with Crippen molar-refractivity contribution < 1.29 is 4.79 Å². The molecule has 0 aliphatic rings. The van der Waals surface area contributed by atoms with Gasteiger partial charge in [-0.2, -0.15) is 0 Å². The van der Waals surface area contributed by atoms with E-state index in [2.05, 4.69) is 20.4 Å². The van der Waals surface area contributed by atoms with Gasteiger partial charge < -0.3 is 4.90 Å². The summed E-state index contributed by atoms with van der Waals surface area (Å²) in [5, 5.41) is 0. The third-order valence-electron chi connectivity index (χ3n) is 3.46. The van der Waals surface area contributed by atoms with E-state index in [1.807, 2.05) is 60.7 Å². The van der Waals surface area contributed by atoms with Gasteiger partial charge in [0.1, 0.15) is 0 Å². The smallest absolute Gasteiger partial charge is 0.258 e. The maximum atomic E-state index is 12.8. The average Bonchev–Trinajstić information content (AvgIpc) is 2.53. The lowest BCUT2D eigenvalue weighted by Gasteiger charge is -2.27. The number of carbonyl (C=O) groups is 1. The molecule has 21 heavy (non-hydrogen) atoms. The molecule has 0 saturated carbocycles. The van der Waals surface area contributed by atoms with Crippen molar-refractivity contribution in [3.8, 4) is 0 Å². The maximum absolute atomic E-state index is 12.8. The Morgan fingerprint density at radius 3 is 2.05 bits per heavy atom. The van der Waals surface area contributed by atoms with Gasteiger partial charge in [-0.3, -0.25) is 4.79 Å². The second kappa shape index (κ2) is 6.89. The van der Waals surface area contributed by atoms with Crippen LogP contribution in [0.4, 0.5) is 0 Å². The Balaban J connectivity index is 2.28. The third kappa shape index (κ3) is 3.82. The minimum atomic E-state index is -0.00171. The molecule has 1 amide bonds. The van der Waals surface area contributed by atoms with E-state index >= 15 is 0 Å². The van der Waals surface area contributed by atoms with Gasteiger partial charge in [0.25, 0.3) is 5.91 Å². The van der Waals surface area contributed by atoms with Crippen LogP contribution in [0, 0.1) is 5.92 Å². The van der Waals surface area contributed by atoms with Crippen LogP contribution in [0.3, 0.4) is 0 Å². The molecule has 2 heteroatoms. The van der Waals surface area contributed by atoms with E-state index in [0.717, 1.165) is 11.3 Å². The van der Waals surface area contributed by atoms with E-state index in [4.69, 9.17) is 0 Å². The molecule has 2 nitrogen and oxygen atoms in total. The van der Waals surface area contributed by atoms with Gasteiger partial charge in [-0.15, -0.1) is 0 Å². The number of amides is 1. The maximum Gasteiger partial charge on any atom is 0.258 e. The lowest BCUT2D eigenvalue weighted by Crippen LogP contribution is -2.31. The van der Waals surface area contributed by atoms with E-state index in [0.29, 0.717) is 12.1 Å². The van der Waals surface area contributed by atoms with Crippen LogP contribution in [0.1, 0.15) is 29.8 Å². The fourth-order valence-corrected chi connectivity index (χ4v) is 2.12. The predicted molar refractivity (Wildman–Crippen MR) is 86.7 cm³/mol. The van der Waals surface area contributed by atoms with Crippen molar-refractivity contribution in [1.82, 2.24) is 4.90 Å². The van der Waals surface area contributed by atoms with Gasteiger partial charge in [0.2, 0.25) is 0 Å². The molecule has 0 heterocycles. The van der Waals surface area contributed by atoms with Crippen molar-refractivity contribution in [2.75, 3.05) is 0 Å². The lowest BCUT2D eigenvalue weighted by atomic mass is 10.1. The highest BCUT2D eigenvalue weighted by molar-refractivity contribution is 5.95. The van der Waals surface area contributed by atoms with E-state index in [9.17, 15) is 4.79 Å². The van der Waals surface area contributed by atoms with Gasteiger partial charge in [0, 0.05) is 11.3 Å². The molecule has 0 bridgehead atoms. The number of carbonyl (C=O) groups excluding carboxylic acids is 1. The van der Waals surface area contributed by atoms with Gasteiger partial charge in [-0.05, 0) is 23.6 Å². The summed E-state index contributed by atoms with van der Waals surface area (Å²) in [6.45, 7) is 8.76. The number of rotatable bonds is 5. The van der Waals surface area contributed by atoms with Gasteiger partial charge in [-0.25, -0.2) is 0 Å². The minimum Gasteiger partial charge on any atom is -0.308 e. The molecule has 0 fully saturated rings. The van der Waals surface area contributed by atoms with Gasteiger partial charge >= 0.3 is 0 Å². The summed E-state index contributed by atoms with van der Waals surface area (Å²) in [6.07, 6.45) is 0. The molecule has 0 saturated heterocycles. The highest BCUT2D eigenvalue weighted by Crippen LogP contribution is 2.20. The summed E-state index contributed by atoms with van der Waals surface area (Å²) in [5.74, 6) is 0.222. The summed E-state index contributed by atoms with van der Waals surface area (Å²) in [6, 6.07) is 19.4. The van der Waals surface area contributed by atoms with Crippen LogP contribution in [-0.4, -0.2) is 10.8 Å². The molecular formula is C19H21NO. The van der Waals surface area contributed by atoms with E-state index in [-0.39, 0.29) is 11.8 Å². The summed E-state index contributed by atoms with van der Waals surface area (Å²) in [7, 11) is 0. The number of hydrogen-bond acceptors (Lipinski definition) is 1. The lowest BCUT2D eigenvalue weighted by molar-refractivity contribution is 0.0783. The zero-order valence-electron chi connectivity index (χ0n) is 12.6. The van der Waals surface area contributed by atoms with Crippen molar-refractivity contribution in [3.05, 3.63) is 84.1 Å². The molecule has 108 valence electrons. The van der Waals surface area contributed by atoms with E-state index < -0.39 is 0 Å². The van der Waals surface area contributed by atoms with Crippen molar-refractivity contribution in [2.45, 2.75) is 20.4 Å². The van der Waals surface area contributed by atoms with Crippen LogP contribution in [0.25, 0.3) is 0 Å². The van der Waals surface area contributed by atoms with Gasteiger partial charge in [0.15, 0.2) is 0 Å². The van der Waals surface area contributed by atoms with E-state index in [1.54, 1.807) is 4.90 Å². The van der Waals surface area contributed by atoms with Crippen molar-refractivity contribution in [3.63, 3.8) is 0 Å².